The Bertz CT molecular complexity index is 558. The van der Waals surface area contributed by atoms with E-state index in [1.54, 1.807) is 6.07 Å². The fraction of sp³-hybridized carbons (Fsp3) is 0.308. The fourth-order valence-electron chi connectivity index (χ4n) is 1.85. The molecule has 0 aliphatic rings. The highest BCUT2D eigenvalue weighted by atomic mass is 32.1. The number of hydrogen-bond donors (Lipinski definition) is 0. The van der Waals surface area contributed by atoms with Crippen molar-refractivity contribution in [3.8, 4) is 10.4 Å². The van der Waals surface area contributed by atoms with Crippen LogP contribution in [0.1, 0.15) is 23.2 Å². The maximum absolute atomic E-state index is 13.0. The first-order valence-corrected chi connectivity index (χ1v) is 6.38. The molecule has 0 N–H and O–H groups in total. The van der Waals surface area contributed by atoms with E-state index in [9.17, 15) is 13.2 Å². The number of rotatable bonds is 2. The molecule has 1 aromatic carbocycles. The SMILES string of the molecule is CCc1nc(C)sc1-c1ccccc1C(F)(F)F. The Morgan fingerprint density at radius 3 is 2.50 bits per heavy atom. The van der Waals surface area contributed by atoms with Crippen molar-refractivity contribution in [3.63, 3.8) is 0 Å². The van der Waals surface area contributed by atoms with Gasteiger partial charge in [0.1, 0.15) is 0 Å². The van der Waals surface area contributed by atoms with Gasteiger partial charge in [0.2, 0.25) is 0 Å². The summed E-state index contributed by atoms with van der Waals surface area (Å²) in [5.74, 6) is 0. The van der Waals surface area contributed by atoms with Gasteiger partial charge >= 0.3 is 6.18 Å². The predicted molar refractivity (Wildman–Crippen MR) is 66.7 cm³/mol. The Balaban J connectivity index is 2.64. The van der Waals surface area contributed by atoms with Crippen molar-refractivity contribution in [3.05, 3.63) is 40.5 Å². The molecule has 1 nitrogen and oxygen atoms in total. The van der Waals surface area contributed by atoms with Gasteiger partial charge in [-0.25, -0.2) is 4.98 Å². The number of alkyl halides is 3. The highest BCUT2D eigenvalue weighted by Crippen LogP contribution is 2.40. The second kappa shape index (κ2) is 4.72. The molecular weight excluding hydrogens is 259 g/mol. The van der Waals surface area contributed by atoms with Crippen LogP contribution in [0.25, 0.3) is 10.4 Å². The lowest BCUT2D eigenvalue weighted by Crippen LogP contribution is -2.06. The van der Waals surface area contributed by atoms with E-state index in [0.29, 0.717) is 11.3 Å². The number of halogens is 3. The third-order valence-electron chi connectivity index (χ3n) is 2.62. The Morgan fingerprint density at radius 1 is 1.22 bits per heavy atom. The summed E-state index contributed by atoms with van der Waals surface area (Å²) in [6.45, 7) is 3.71. The van der Waals surface area contributed by atoms with Gasteiger partial charge in [0.05, 0.1) is 21.1 Å². The summed E-state index contributed by atoms with van der Waals surface area (Å²) in [6.07, 6.45) is -3.70. The topological polar surface area (TPSA) is 12.9 Å². The van der Waals surface area contributed by atoms with E-state index in [2.05, 4.69) is 4.98 Å². The average molecular weight is 271 g/mol. The lowest BCUT2D eigenvalue weighted by atomic mass is 10.0. The zero-order chi connectivity index (χ0) is 13.3. The molecule has 0 atom stereocenters. The largest absolute Gasteiger partial charge is 0.417 e. The van der Waals surface area contributed by atoms with Crippen molar-refractivity contribution in [1.29, 1.82) is 0 Å². The molecule has 0 radical (unpaired) electrons. The molecule has 0 bridgehead atoms. The van der Waals surface area contributed by atoms with E-state index in [1.807, 2.05) is 13.8 Å². The summed E-state index contributed by atoms with van der Waals surface area (Å²) < 4.78 is 38.9. The maximum atomic E-state index is 13.0. The quantitative estimate of drug-likeness (QED) is 0.771. The van der Waals surface area contributed by atoms with Crippen LogP contribution < -0.4 is 0 Å². The van der Waals surface area contributed by atoms with Gasteiger partial charge in [-0.2, -0.15) is 13.2 Å². The summed E-state index contributed by atoms with van der Waals surface area (Å²) >= 11 is 1.31. The Labute approximate surface area is 107 Å². The molecule has 0 aliphatic heterocycles. The third kappa shape index (κ3) is 2.41. The minimum absolute atomic E-state index is 0.229. The molecule has 1 heterocycles. The standard InChI is InChI=1S/C13H12F3NS/c1-3-11-12(18-8(2)17-11)9-6-4-5-7-10(9)13(14,15)16/h4-7H,3H2,1-2H3. The number of hydrogen-bond acceptors (Lipinski definition) is 2. The summed E-state index contributed by atoms with van der Waals surface area (Å²) in [5, 5.41) is 0.791. The van der Waals surface area contributed by atoms with E-state index in [4.69, 9.17) is 0 Å². The summed E-state index contributed by atoms with van der Waals surface area (Å²) in [5.41, 5.74) is 0.366. The van der Waals surface area contributed by atoms with Crippen LogP contribution in [0.15, 0.2) is 24.3 Å². The molecule has 0 amide bonds. The van der Waals surface area contributed by atoms with Gasteiger partial charge in [0.15, 0.2) is 0 Å². The molecule has 2 rings (SSSR count). The molecule has 2 aromatic rings. The van der Waals surface area contributed by atoms with Crippen LogP contribution in [0.4, 0.5) is 13.2 Å². The lowest BCUT2D eigenvalue weighted by molar-refractivity contribution is -0.137. The van der Waals surface area contributed by atoms with Crippen molar-refractivity contribution in [2.75, 3.05) is 0 Å². The van der Waals surface area contributed by atoms with E-state index in [-0.39, 0.29) is 5.56 Å². The van der Waals surface area contributed by atoms with Gasteiger partial charge in [-0.15, -0.1) is 11.3 Å². The van der Waals surface area contributed by atoms with Crippen LogP contribution in [0.3, 0.4) is 0 Å². The zero-order valence-electron chi connectivity index (χ0n) is 10.0. The van der Waals surface area contributed by atoms with E-state index in [0.717, 1.165) is 16.8 Å². The molecule has 1 aromatic heterocycles. The monoisotopic (exact) mass is 271 g/mol. The van der Waals surface area contributed by atoms with Gasteiger partial charge in [-0.1, -0.05) is 25.1 Å². The molecule has 0 unspecified atom stereocenters. The van der Waals surface area contributed by atoms with Gasteiger partial charge in [-0.3, -0.25) is 0 Å². The second-order valence-electron chi connectivity index (χ2n) is 3.91. The molecule has 0 fully saturated rings. The van der Waals surface area contributed by atoms with Crippen LogP contribution in [0, 0.1) is 6.92 Å². The summed E-state index contributed by atoms with van der Waals surface area (Å²) in [7, 11) is 0. The van der Waals surface area contributed by atoms with Gasteiger partial charge in [0, 0.05) is 5.56 Å². The van der Waals surface area contributed by atoms with E-state index >= 15 is 0 Å². The van der Waals surface area contributed by atoms with E-state index < -0.39 is 11.7 Å². The number of benzene rings is 1. The van der Waals surface area contributed by atoms with Crippen molar-refractivity contribution in [2.24, 2.45) is 0 Å². The number of aryl methyl sites for hydroxylation is 2. The molecular formula is C13H12F3NS. The first-order chi connectivity index (χ1) is 8.43. The predicted octanol–water partition coefficient (Wildman–Crippen LogP) is 4.70. The van der Waals surface area contributed by atoms with Gasteiger partial charge < -0.3 is 0 Å². The second-order valence-corrected chi connectivity index (χ2v) is 5.11. The molecule has 0 saturated heterocycles. The van der Waals surface area contributed by atoms with E-state index in [1.165, 1.54) is 23.5 Å². The molecule has 0 aliphatic carbocycles. The number of aromatic nitrogens is 1. The number of thiazole rings is 1. The summed E-state index contributed by atoms with van der Waals surface area (Å²) in [6, 6.07) is 5.66. The molecule has 96 valence electrons. The average Bonchev–Trinajstić information content (AvgIpc) is 2.69. The first kappa shape index (κ1) is 13.1. The minimum Gasteiger partial charge on any atom is -0.246 e. The molecule has 0 saturated carbocycles. The van der Waals surface area contributed by atoms with Crippen molar-refractivity contribution in [1.82, 2.24) is 4.98 Å². The lowest BCUT2D eigenvalue weighted by Gasteiger charge is -2.11. The fourth-order valence-corrected chi connectivity index (χ4v) is 2.90. The van der Waals surface area contributed by atoms with Crippen LogP contribution in [-0.4, -0.2) is 4.98 Å². The van der Waals surface area contributed by atoms with Crippen LogP contribution in [0.5, 0.6) is 0 Å². The van der Waals surface area contributed by atoms with Crippen LogP contribution in [-0.2, 0) is 12.6 Å². The third-order valence-corrected chi connectivity index (χ3v) is 3.66. The smallest absolute Gasteiger partial charge is 0.246 e. The van der Waals surface area contributed by atoms with Crippen molar-refractivity contribution in [2.45, 2.75) is 26.4 Å². The normalized spacial score (nSPS) is 11.8. The zero-order valence-corrected chi connectivity index (χ0v) is 10.8. The number of nitrogens with zero attached hydrogens (tertiary/aromatic N) is 1. The van der Waals surface area contributed by atoms with Gasteiger partial charge in [-0.05, 0) is 19.4 Å². The minimum atomic E-state index is -4.33. The summed E-state index contributed by atoms with van der Waals surface area (Å²) in [4.78, 5) is 4.91. The Morgan fingerprint density at radius 2 is 1.89 bits per heavy atom. The maximum Gasteiger partial charge on any atom is 0.417 e. The highest BCUT2D eigenvalue weighted by molar-refractivity contribution is 7.15. The highest BCUT2D eigenvalue weighted by Gasteiger charge is 2.34. The molecule has 0 spiro atoms. The van der Waals surface area contributed by atoms with Crippen molar-refractivity contribution >= 4 is 11.3 Å². The van der Waals surface area contributed by atoms with Gasteiger partial charge in [0.25, 0.3) is 0 Å². The van der Waals surface area contributed by atoms with Crippen LogP contribution in [0.2, 0.25) is 0 Å². The van der Waals surface area contributed by atoms with Crippen molar-refractivity contribution < 1.29 is 13.2 Å². The first-order valence-electron chi connectivity index (χ1n) is 5.56. The Hall–Kier alpha value is -1.36. The Kier molecular flexibility index (Phi) is 3.43. The van der Waals surface area contributed by atoms with Crippen LogP contribution >= 0.6 is 11.3 Å². The molecule has 5 heteroatoms. The molecule has 18 heavy (non-hydrogen) atoms.